The van der Waals surface area contributed by atoms with Gasteiger partial charge in [0, 0.05) is 34.9 Å². The Hall–Kier alpha value is -3.99. The number of carbonyl (C=O) groups is 2. The number of halogens is 1. The molecule has 2 fully saturated rings. The second kappa shape index (κ2) is 9.09. The number of ketones is 1. The average molecular weight is 506 g/mol. The van der Waals surface area contributed by atoms with Crippen LogP contribution in [0, 0.1) is 11.7 Å². The molecule has 0 spiro atoms. The summed E-state index contributed by atoms with van der Waals surface area (Å²) in [5.41, 5.74) is 5.37. The molecule has 4 nitrogen and oxygen atoms in total. The Labute approximate surface area is 221 Å². The first kappa shape index (κ1) is 23.2. The van der Waals surface area contributed by atoms with Crippen LogP contribution in [0.1, 0.15) is 53.1 Å². The third-order valence-electron chi connectivity index (χ3n) is 8.79. The molecule has 0 saturated carbocycles. The Bertz CT molecular complexity index is 1520. The molecule has 190 valence electrons. The SMILES string of the molecule is O=C(c1ccc(F)c2ccccc12)C1CC2CCC(C1)N2C(=O)OCC1c2ccccc2-c2ccccc21. The first-order valence-corrected chi connectivity index (χ1v) is 13.4. The number of rotatable bonds is 4. The maximum Gasteiger partial charge on any atom is 0.410 e. The number of hydrogen-bond acceptors (Lipinski definition) is 3. The van der Waals surface area contributed by atoms with Gasteiger partial charge in [-0.3, -0.25) is 4.79 Å². The van der Waals surface area contributed by atoms with Gasteiger partial charge in [-0.05, 0) is 65.5 Å². The zero-order valence-electron chi connectivity index (χ0n) is 21.0. The molecule has 1 amide bonds. The van der Waals surface area contributed by atoms with Gasteiger partial charge in [-0.2, -0.15) is 0 Å². The predicted molar refractivity (Wildman–Crippen MR) is 145 cm³/mol. The third kappa shape index (κ3) is 3.64. The van der Waals surface area contributed by atoms with Gasteiger partial charge in [0.25, 0.3) is 0 Å². The van der Waals surface area contributed by atoms with Crippen LogP contribution in [-0.2, 0) is 4.74 Å². The third-order valence-corrected chi connectivity index (χ3v) is 8.79. The van der Waals surface area contributed by atoms with Crippen molar-refractivity contribution in [3.63, 3.8) is 0 Å². The number of fused-ring (bicyclic) bond motifs is 6. The van der Waals surface area contributed by atoms with E-state index in [9.17, 15) is 14.0 Å². The topological polar surface area (TPSA) is 46.6 Å². The first-order chi connectivity index (χ1) is 18.6. The van der Waals surface area contributed by atoms with E-state index in [0.29, 0.717) is 35.8 Å². The van der Waals surface area contributed by atoms with Crippen molar-refractivity contribution in [2.75, 3.05) is 6.61 Å². The molecule has 2 atom stereocenters. The summed E-state index contributed by atoms with van der Waals surface area (Å²) in [5.74, 6) is -0.429. The molecule has 4 aromatic carbocycles. The van der Waals surface area contributed by atoms with Gasteiger partial charge in [0.15, 0.2) is 5.78 Å². The van der Waals surface area contributed by atoms with Gasteiger partial charge < -0.3 is 9.64 Å². The second-order valence-corrected chi connectivity index (χ2v) is 10.8. The second-order valence-electron chi connectivity index (χ2n) is 10.8. The molecule has 3 aliphatic rings. The highest BCUT2D eigenvalue weighted by Crippen LogP contribution is 2.45. The smallest absolute Gasteiger partial charge is 0.410 e. The van der Waals surface area contributed by atoms with Crippen molar-refractivity contribution >= 4 is 22.6 Å². The molecule has 0 aromatic heterocycles. The maximum atomic E-state index is 14.3. The summed E-state index contributed by atoms with van der Waals surface area (Å²) in [5, 5.41) is 1.13. The van der Waals surface area contributed by atoms with Crippen LogP contribution in [0.15, 0.2) is 84.9 Å². The standard InChI is InChI=1S/C33H28FNO3/c34-31-16-15-29(27-11-5-6-12-28(27)31)32(36)20-17-21-13-14-22(18-20)35(21)33(37)38-19-30-25-9-3-1-7-23(25)24-8-2-4-10-26(24)30/h1-12,15-16,20-22,30H,13-14,17-19H2. The van der Waals surface area contributed by atoms with Crippen LogP contribution in [-0.4, -0.2) is 35.5 Å². The number of nitrogens with zero attached hydrogens (tertiary/aromatic N) is 1. The highest BCUT2D eigenvalue weighted by Gasteiger charge is 2.46. The lowest BCUT2D eigenvalue weighted by molar-refractivity contribution is 0.0506. The summed E-state index contributed by atoms with van der Waals surface area (Å²) >= 11 is 0. The number of piperidine rings is 1. The number of benzene rings is 4. The van der Waals surface area contributed by atoms with E-state index in [-0.39, 0.29) is 41.6 Å². The summed E-state index contributed by atoms with van der Waals surface area (Å²) in [6.45, 7) is 0.298. The molecule has 4 aromatic rings. The van der Waals surface area contributed by atoms with Crippen LogP contribution in [0.2, 0.25) is 0 Å². The average Bonchev–Trinajstić information content (AvgIpc) is 3.42. The lowest BCUT2D eigenvalue weighted by atomic mass is 9.83. The monoisotopic (exact) mass is 505 g/mol. The van der Waals surface area contributed by atoms with Crippen molar-refractivity contribution in [1.82, 2.24) is 4.90 Å². The van der Waals surface area contributed by atoms with Gasteiger partial charge in [0.05, 0.1) is 0 Å². The zero-order valence-corrected chi connectivity index (χ0v) is 21.0. The number of Topliss-reactive ketones (excluding diaryl/α,β-unsaturated/α-hetero) is 1. The molecule has 0 radical (unpaired) electrons. The van der Waals surface area contributed by atoms with Gasteiger partial charge in [0.1, 0.15) is 12.4 Å². The van der Waals surface area contributed by atoms with Gasteiger partial charge in [-0.25, -0.2) is 9.18 Å². The maximum absolute atomic E-state index is 14.3. The normalized spacial score (nSPS) is 21.8. The summed E-state index contributed by atoms with van der Waals surface area (Å²) < 4.78 is 20.3. The Kier molecular flexibility index (Phi) is 5.54. The Morgan fingerprint density at radius 1 is 0.763 bits per heavy atom. The minimum Gasteiger partial charge on any atom is -0.448 e. The zero-order chi connectivity index (χ0) is 25.8. The minimum absolute atomic E-state index is 0.00920. The van der Waals surface area contributed by atoms with Gasteiger partial charge in [0.2, 0.25) is 0 Å². The van der Waals surface area contributed by atoms with Gasteiger partial charge in [-0.1, -0.05) is 72.8 Å². The number of ether oxygens (including phenoxy) is 1. The van der Waals surface area contributed by atoms with Gasteiger partial charge in [-0.15, -0.1) is 0 Å². The molecular weight excluding hydrogens is 477 g/mol. The van der Waals surface area contributed by atoms with E-state index in [1.807, 2.05) is 41.3 Å². The van der Waals surface area contributed by atoms with E-state index < -0.39 is 0 Å². The summed E-state index contributed by atoms with van der Waals surface area (Å²) in [7, 11) is 0. The van der Waals surface area contributed by atoms with Crippen LogP contribution < -0.4 is 0 Å². The lowest BCUT2D eigenvalue weighted by Crippen LogP contribution is -2.48. The Morgan fingerprint density at radius 3 is 2.00 bits per heavy atom. The van der Waals surface area contributed by atoms with Crippen LogP contribution in [0.25, 0.3) is 21.9 Å². The molecule has 2 unspecified atom stereocenters. The minimum atomic E-state index is -0.317. The molecule has 2 heterocycles. The van der Waals surface area contributed by atoms with Crippen LogP contribution >= 0.6 is 0 Å². The quantitative estimate of drug-likeness (QED) is 0.272. The van der Waals surface area contributed by atoms with Crippen molar-refractivity contribution in [3.8, 4) is 11.1 Å². The van der Waals surface area contributed by atoms with Crippen LogP contribution in [0.4, 0.5) is 9.18 Å². The fourth-order valence-electron chi connectivity index (χ4n) is 7.05. The van der Waals surface area contributed by atoms with Crippen LogP contribution in [0.3, 0.4) is 0 Å². The molecule has 2 bridgehead atoms. The molecule has 5 heteroatoms. The van der Waals surface area contributed by atoms with Crippen molar-refractivity contribution in [2.45, 2.75) is 43.7 Å². The highest BCUT2D eigenvalue weighted by molar-refractivity contribution is 6.09. The van der Waals surface area contributed by atoms with Crippen molar-refractivity contribution in [3.05, 3.63) is 107 Å². The number of amides is 1. The molecule has 2 saturated heterocycles. The van der Waals surface area contributed by atoms with Crippen LogP contribution in [0.5, 0.6) is 0 Å². The van der Waals surface area contributed by atoms with Crippen molar-refractivity contribution in [1.29, 1.82) is 0 Å². The Balaban J connectivity index is 1.07. The largest absolute Gasteiger partial charge is 0.448 e. The highest BCUT2D eigenvalue weighted by atomic mass is 19.1. The van der Waals surface area contributed by atoms with E-state index in [4.69, 9.17) is 4.74 Å². The van der Waals surface area contributed by atoms with E-state index in [2.05, 4.69) is 24.3 Å². The number of hydrogen-bond donors (Lipinski definition) is 0. The molecule has 38 heavy (non-hydrogen) atoms. The lowest BCUT2D eigenvalue weighted by Gasteiger charge is -2.38. The van der Waals surface area contributed by atoms with Crippen molar-refractivity contribution in [2.24, 2.45) is 5.92 Å². The molecule has 1 aliphatic carbocycles. The summed E-state index contributed by atoms with van der Waals surface area (Å²) in [6.07, 6.45) is 2.71. The van der Waals surface area contributed by atoms with Gasteiger partial charge >= 0.3 is 6.09 Å². The first-order valence-electron chi connectivity index (χ1n) is 13.4. The Morgan fingerprint density at radius 2 is 1.34 bits per heavy atom. The predicted octanol–water partition coefficient (Wildman–Crippen LogP) is 7.35. The van der Waals surface area contributed by atoms with E-state index in [1.165, 1.54) is 28.3 Å². The fraction of sp³-hybridized carbons (Fsp3) is 0.273. The molecule has 0 N–H and O–H groups in total. The molecule has 7 rings (SSSR count). The summed E-state index contributed by atoms with van der Waals surface area (Å²) in [6, 6.07) is 26.8. The molecular formula is C33H28FNO3. The van der Waals surface area contributed by atoms with Crippen molar-refractivity contribution < 1.29 is 18.7 Å². The van der Waals surface area contributed by atoms with E-state index >= 15 is 0 Å². The van der Waals surface area contributed by atoms with E-state index in [1.54, 1.807) is 18.2 Å². The number of carbonyl (C=O) groups excluding carboxylic acids is 2. The fourth-order valence-corrected chi connectivity index (χ4v) is 7.05. The molecule has 2 aliphatic heterocycles. The van der Waals surface area contributed by atoms with E-state index in [0.717, 1.165) is 12.8 Å². The summed E-state index contributed by atoms with van der Waals surface area (Å²) in [4.78, 5) is 28.9.